The molecule has 88 heavy (non-hydrogen) atoms. The Morgan fingerprint density at radius 2 is 1.51 bits per heavy atom. The Morgan fingerprint density at radius 1 is 0.784 bits per heavy atom. The van der Waals surface area contributed by atoms with Crippen molar-refractivity contribution in [2.45, 2.75) is 97.4 Å². The number of benzene rings is 1. The van der Waals surface area contributed by atoms with Gasteiger partial charge in [0.15, 0.2) is 11.2 Å². The average molecular weight is 1300 g/mol. The highest BCUT2D eigenvalue weighted by molar-refractivity contribution is 7.16. The zero-order chi connectivity index (χ0) is 62.1. The van der Waals surface area contributed by atoms with Crippen molar-refractivity contribution in [2.75, 3.05) is 44.7 Å². The van der Waals surface area contributed by atoms with Crippen LogP contribution < -0.4 is 31.9 Å². The molecule has 11 rings (SSSR count). The lowest BCUT2D eigenvalue weighted by Gasteiger charge is -2.27. The number of nitrogens with zero attached hydrogens (tertiary/aromatic N) is 11. The van der Waals surface area contributed by atoms with Crippen LogP contribution in [-0.2, 0) is 25.7 Å². The van der Waals surface area contributed by atoms with Crippen LogP contribution in [0.1, 0.15) is 121 Å². The maximum absolute atomic E-state index is 15.7. The SMILES string of the molecule is CCN(CC)Cc1sc2nc1C(=O)NCC(=O)NC(C(O)c1ccccc1)c1nc(cs1)-c1nc(cs1)-c1nc(-c3nc(C)cs3)ccc1-c1nc(cs1)C(=O)N([C@@H](C(=O)NC)C1=N[C@H](N3CCC[C@H]3C(N)=O)CO1)c1nc(c(C)s1)C(=O)N[C@H]2C(C)C. The first kappa shape index (κ1) is 61.9. The van der Waals surface area contributed by atoms with E-state index < -0.39 is 78.4 Å². The van der Waals surface area contributed by atoms with Gasteiger partial charge in [0.2, 0.25) is 17.7 Å². The molecule has 458 valence electrons. The van der Waals surface area contributed by atoms with Crippen LogP contribution >= 0.6 is 68.0 Å². The van der Waals surface area contributed by atoms with Crippen LogP contribution in [0.3, 0.4) is 0 Å². The number of carbonyl (C=O) groups excluding carboxylic acids is 6. The number of aliphatic imine (C=N–C) groups is 1. The van der Waals surface area contributed by atoms with Gasteiger partial charge in [-0.2, -0.15) is 0 Å². The van der Waals surface area contributed by atoms with Crippen LogP contribution in [0.5, 0.6) is 0 Å². The highest BCUT2D eigenvalue weighted by atomic mass is 32.1. The number of likely N-dealkylation sites (N-methyl/N-ethyl adjacent to an activating group) is 1. The number of nitrogens with one attached hydrogen (secondary N) is 4. The quantitative estimate of drug-likeness (QED) is 0.0666. The topological polar surface area (TPSA) is 318 Å². The zero-order valence-electron chi connectivity index (χ0n) is 48.8. The van der Waals surface area contributed by atoms with Crippen molar-refractivity contribution in [2.24, 2.45) is 16.6 Å². The minimum atomic E-state index is -1.60. The van der Waals surface area contributed by atoms with Gasteiger partial charge < -0.3 is 36.8 Å². The van der Waals surface area contributed by atoms with Crippen LogP contribution in [0.15, 0.2) is 69.0 Å². The minimum absolute atomic E-state index is 0.0467. The number of amides is 6. The summed E-state index contributed by atoms with van der Waals surface area (Å²) >= 11 is 7.36. The first-order valence-corrected chi connectivity index (χ1v) is 33.5. The summed E-state index contributed by atoms with van der Waals surface area (Å²) in [5.74, 6) is -4.27. The lowest BCUT2D eigenvalue weighted by molar-refractivity contribution is -0.123. The van der Waals surface area contributed by atoms with Gasteiger partial charge in [0.25, 0.3) is 23.6 Å². The molecule has 24 nitrogen and oxygen atoms in total. The molecular weight excluding hydrogens is 1240 g/mol. The van der Waals surface area contributed by atoms with Crippen molar-refractivity contribution in [3.05, 3.63) is 112 Å². The number of hydrogen-bond acceptors (Lipinski definition) is 24. The van der Waals surface area contributed by atoms with Gasteiger partial charge in [0.05, 0.1) is 29.2 Å². The molecule has 1 saturated heterocycles. The van der Waals surface area contributed by atoms with Crippen molar-refractivity contribution in [3.63, 3.8) is 0 Å². The molecule has 1 aromatic carbocycles. The molecule has 1 fully saturated rings. The number of hydrogen-bond donors (Lipinski definition) is 6. The van der Waals surface area contributed by atoms with Gasteiger partial charge in [-0.3, -0.25) is 43.5 Å². The Hall–Kier alpha value is -7.68. The summed E-state index contributed by atoms with van der Waals surface area (Å²) in [7, 11) is 1.41. The summed E-state index contributed by atoms with van der Waals surface area (Å²) in [6.45, 7) is 13.0. The number of aryl methyl sites for hydroxylation is 2. The van der Waals surface area contributed by atoms with E-state index in [1.54, 1.807) is 41.9 Å². The first-order chi connectivity index (χ1) is 42.4. The van der Waals surface area contributed by atoms with Crippen LogP contribution in [0.4, 0.5) is 5.13 Å². The van der Waals surface area contributed by atoms with Crippen LogP contribution in [0.25, 0.3) is 43.4 Å². The maximum atomic E-state index is 15.7. The second-order valence-electron chi connectivity index (χ2n) is 21.2. The van der Waals surface area contributed by atoms with Crippen LogP contribution in [0, 0.1) is 19.8 Å². The maximum Gasteiger partial charge on any atom is 0.280 e. The molecule has 0 aliphatic carbocycles. The predicted octanol–water partition coefficient (Wildman–Crippen LogP) is 7.17. The number of carbonyl (C=O) groups is 6. The highest BCUT2D eigenvalue weighted by Gasteiger charge is 2.45. The van der Waals surface area contributed by atoms with E-state index in [4.69, 9.17) is 50.4 Å². The molecule has 0 spiro atoms. The number of likely N-dealkylation sites (tertiary alicyclic amines) is 1. The van der Waals surface area contributed by atoms with Gasteiger partial charge in [0, 0.05) is 57.8 Å². The van der Waals surface area contributed by atoms with Gasteiger partial charge in [0.1, 0.15) is 84.1 Å². The molecule has 0 radical (unpaired) electrons. The van der Waals surface area contributed by atoms with Gasteiger partial charge in [-0.1, -0.05) is 58.0 Å². The molecule has 7 N–H and O–H groups in total. The van der Waals surface area contributed by atoms with E-state index in [0.717, 1.165) is 33.3 Å². The molecule has 3 aliphatic heterocycles. The molecule has 30 heteroatoms. The summed E-state index contributed by atoms with van der Waals surface area (Å²) in [5.41, 5.74) is 9.49. The number of ether oxygens (including phenoxy) is 1. The van der Waals surface area contributed by atoms with Crippen molar-refractivity contribution in [1.82, 2.24) is 66.0 Å². The Morgan fingerprint density at radius 3 is 2.24 bits per heavy atom. The van der Waals surface area contributed by atoms with E-state index in [0.29, 0.717) is 108 Å². The van der Waals surface area contributed by atoms with E-state index >= 15 is 4.79 Å². The number of anilines is 1. The third-order valence-corrected chi connectivity index (χ3v) is 20.9. The van der Waals surface area contributed by atoms with Crippen LogP contribution in [-0.4, -0.2) is 149 Å². The van der Waals surface area contributed by atoms with E-state index in [9.17, 15) is 29.1 Å². The Kier molecular flexibility index (Phi) is 18.7. The fourth-order valence-electron chi connectivity index (χ4n) is 10.5. The van der Waals surface area contributed by atoms with E-state index in [1.165, 1.54) is 52.4 Å². The normalized spacial score (nSPS) is 19.3. The number of pyridine rings is 1. The van der Waals surface area contributed by atoms with Crippen molar-refractivity contribution in [3.8, 4) is 43.4 Å². The lowest BCUT2D eigenvalue weighted by atomic mass is 10.0. The fourth-order valence-corrected chi connectivity index (χ4v) is 16.0. The second kappa shape index (κ2) is 26.6. The summed E-state index contributed by atoms with van der Waals surface area (Å²) < 4.78 is 6.24. The number of nitrogens with two attached hydrogens (primary N) is 1. The molecule has 10 bridgehead atoms. The van der Waals surface area contributed by atoms with E-state index in [-0.39, 0.29) is 40.6 Å². The number of fused-ring (bicyclic) bond motifs is 14. The standard InChI is InChI=1S/C58H62N16O8S6/c1-8-72(9-2)21-37-43-48(78)61-20-39(75)68-44(46(76)30-14-11-10-12-15-30)55-65-34(25-86-55)54-64-33(24-85-54)42-31(17-18-32(63-42)53-62-28(5)23-83-53)52-66-35(26-84-52)57(81)74(58-71-41(29(6)87-58)49(79)69-40(27(3)4)56(70-43)88-37)45(50(80)60-7)51-67-38(22-82-51)73-19-13-16-36(73)47(59)77/h10-12,14-15,17-18,23-27,36,38,40,44-46,76H,8-9,13,16,19-22H2,1-7H3,(H2,59,77)(H,60,80)(H,61,78)(H,68,75)(H,69,79)/t36-,38+,40-,44?,45-,46?/m0/s1. The number of primary amides is 1. The molecule has 6 amide bonds. The smallest absolute Gasteiger partial charge is 0.280 e. The van der Waals surface area contributed by atoms with Gasteiger partial charge in [-0.25, -0.2) is 39.9 Å². The Labute approximate surface area is 529 Å². The summed E-state index contributed by atoms with van der Waals surface area (Å²) in [6, 6.07) is 8.48. The van der Waals surface area contributed by atoms with E-state index in [1.807, 2.05) is 68.5 Å². The van der Waals surface area contributed by atoms with Gasteiger partial charge >= 0.3 is 0 Å². The minimum Gasteiger partial charge on any atom is -0.475 e. The average Bonchev–Trinajstić information content (AvgIpc) is 1.80. The number of aliphatic hydroxyl groups excluding tert-OH is 1. The highest BCUT2D eigenvalue weighted by Crippen LogP contribution is 2.41. The summed E-state index contributed by atoms with van der Waals surface area (Å²) in [4.78, 5) is 132. The predicted molar refractivity (Wildman–Crippen MR) is 339 cm³/mol. The van der Waals surface area contributed by atoms with Crippen molar-refractivity contribution >= 4 is 114 Å². The van der Waals surface area contributed by atoms with Gasteiger partial charge in [-0.05, 0) is 63.4 Å². The summed E-state index contributed by atoms with van der Waals surface area (Å²) in [5, 5.41) is 32.9. The molecule has 7 aromatic heterocycles. The Bertz CT molecular complexity index is 3960. The Balaban J connectivity index is 1.05. The number of aromatic nitrogens is 7. The second-order valence-corrected chi connectivity index (χ2v) is 27.0. The number of rotatable bonds is 13. The largest absolute Gasteiger partial charge is 0.475 e. The number of aliphatic hydroxyl groups is 1. The zero-order valence-corrected chi connectivity index (χ0v) is 53.7. The third kappa shape index (κ3) is 12.8. The molecular formula is C58H62N16O8S6. The molecule has 10 heterocycles. The van der Waals surface area contributed by atoms with Crippen LogP contribution in [0.2, 0.25) is 0 Å². The van der Waals surface area contributed by atoms with E-state index in [2.05, 4.69) is 26.2 Å². The molecule has 6 atom stereocenters. The first-order valence-electron chi connectivity index (χ1n) is 28.3. The molecule has 8 aromatic rings. The van der Waals surface area contributed by atoms with Gasteiger partial charge in [-0.15, -0.1) is 68.0 Å². The fraction of sp³-hybridized carbons (Fsp3) is 0.379. The molecule has 2 unspecified atom stereocenters. The van der Waals surface area contributed by atoms with Crippen molar-refractivity contribution in [1.29, 1.82) is 0 Å². The molecule has 3 aliphatic rings. The molecule has 0 saturated carbocycles. The number of thiazole rings is 6. The third-order valence-electron chi connectivity index (χ3n) is 15.1. The monoisotopic (exact) mass is 1300 g/mol. The van der Waals surface area contributed by atoms with Crippen molar-refractivity contribution < 1.29 is 38.6 Å². The lowest BCUT2D eigenvalue weighted by Crippen LogP contribution is -2.54. The summed E-state index contributed by atoms with van der Waals surface area (Å²) in [6.07, 6.45) is -0.766.